The molecule has 0 amide bonds. The maximum absolute atomic E-state index is 5.22. The van der Waals surface area contributed by atoms with Crippen LogP contribution in [0.25, 0.3) is 0 Å². The van der Waals surface area contributed by atoms with Crippen LogP contribution in [-0.2, 0) is 0 Å². The largest absolute Gasteiger partial charge is 0.249 e. The highest BCUT2D eigenvalue weighted by molar-refractivity contribution is 6.22. The molecule has 0 aromatic carbocycles. The molecule has 0 atom stereocenters. The molecule has 0 radical (unpaired) electrons. The quantitative estimate of drug-likeness (QED) is 0.416. The van der Waals surface area contributed by atoms with E-state index in [2.05, 4.69) is 65.8 Å². The predicted octanol–water partition coefficient (Wildman–Crippen LogP) is 7.62. The van der Waals surface area contributed by atoms with Crippen LogP contribution >= 0.6 is 0 Å². The van der Waals surface area contributed by atoms with Crippen molar-refractivity contribution in [2.75, 3.05) is 0 Å². The molecule has 1 aliphatic carbocycles. The van der Waals surface area contributed by atoms with Crippen LogP contribution in [0.2, 0.25) is 0 Å². The Morgan fingerprint density at radius 2 is 1.31 bits per heavy atom. The zero-order valence-electron chi connectivity index (χ0n) is 21.6. The van der Waals surface area contributed by atoms with Gasteiger partial charge in [-0.05, 0) is 116 Å². The summed E-state index contributed by atoms with van der Waals surface area (Å²) >= 11 is 0. The number of fused-ring (bicyclic) bond motifs is 4. The van der Waals surface area contributed by atoms with Gasteiger partial charge in [0.05, 0.1) is 45.6 Å². The number of aliphatic imine (C=N–C) groups is 4. The number of allylic oxidation sites excluding steroid dienone is 12. The predicted molar refractivity (Wildman–Crippen MR) is 147 cm³/mol. The number of nitrogens with zero attached hydrogens (tertiary/aromatic N) is 4. The third-order valence-electron chi connectivity index (χ3n) is 8.11. The molecule has 0 aromatic heterocycles. The Labute approximate surface area is 208 Å². The zero-order chi connectivity index (χ0) is 24.4. The molecule has 176 valence electrons. The summed E-state index contributed by atoms with van der Waals surface area (Å²) < 4.78 is 0. The van der Waals surface area contributed by atoms with Gasteiger partial charge in [0.15, 0.2) is 0 Å². The Hall–Kier alpha value is -3.40. The van der Waals surface area contributed by atoms with Crippen molar-refractivity contribution in [3.05, 3.63) is 91.7 Å². The Bertz CT molecular complexity index is 1480. The molecule has 0 saturated heterocycles. The first kappa shape index (κ1) is 22.1. The van der Waals surface area contributed by atoms with Crippen LogP contribution in [0.15, 0.2) is 112 Å². The molecule has 0 aromatic rings. The van der Waals surface area contributed by atoms with Crippen molar-refractivity contribution in [3.8, 4) is 0 Å². The molecule has 6 aliphatic rings. The fourth-order valence-electron chi connectivity index (χ4n) is 6.04. The summed E-state index contributed by atoms with van der Waals surface area (Å²) in [4.78, 5) is 20.5. The lowest BCUT2D eigenvalue weighted by Gasteiger charge is -2.07. The second-order valence-corrected chi connectivity index (χ2v) is 9.95. The fourth-order valence-corrected chi connectivity index (χ4v) is 6.04. The van der Waals surface area contributed by atoms with Gasteiger partial charge in [-0.2, -0.15) is 0 Å². The summed E-state index contributed by atoms with van der Waals surface area (Å²) in [5.41, 5.74) is 18.8. The summed E-state index contributed by atoms with van der Waals surface area (Å²) in [7, 11) is 0. The van der Waals surface area contributed by atoms with Crippen molar-refractivity contribution in [3.63, 3.8) is 0 Å². The second kappa shape index (κ2) is 8.08. The Morgan fingerprint density at radius 3 is 2.06 bits per heavy atom. The van der Waals surface area contributed by atoms with E-state index in [0.29, 0.717) is 0 Å². The normalized spacial score (nSPS) is 23.0. The lowest BCUT2D eigenvalue weighted by molar-refractivity contribution is 1.00. The van der Waals surface area contributed by atoms with E-state index in [1.54, 1.807) is 0 Å². The Kier molecular flexibility index (Phi) is 5.10. The fraction of sp³-hybridized carbons (Fsp3) is 0.355. The van der Waals surface area contributed by atoms with Gasteiger partial charge < -0.3 is 0 Å². The van der Waals surface area contributed by atoms with E-state index in [4.69, 9.17) is 20.0 Å². The smallest absolute Gasteiger partial charge is 0.0726 e. The summed E-state index contributed by atoms with van der Waals surface area (Å²) in [5.74, 6) is 0. The SMILES string of the molecule is CCC1=CC2=CC3=NC(=CC4=NC(=C5CCC6=C(C)C(=CC1=N2)N=C65)C(CC)=C4C)C(C)=C3CC. The van der Waals surface area contributed by atoms with Crippen LogP contribution in [0.1, 0.15) is 73.6 Å². The van der Waals surface area contributed by atoms with Crippen LogP contribution in [-0.4, -0.2) is 22.8 Å². The molecule has 5 aliphatic heterocycles. The monoisotopic (exact) mass is 460 g/mol. The van der Waals surface area contributed by atoms with E-state index in [1.165, 1.54) is 44.6 Å². The number of hydrogen-bond donors (Lipinski definition) is 0. The van der Waals surface area contributed by atoms with E-state index >= 15 is 0 Å². The van der Waals surface area contributed by atoms with E-state index in [1.807, 2.05) is 0 Å². The van der Waals surface area contributed by atoms with Gasteiger partial charge in [0.1, 0.15) is 0 Å². The second-order valence-electron chi connectivity index (χ2n) is 9.95. The van der Waals surface area contributed by atoms with Gasteiger partial charge in [0.2, 0.25) is 0 Å². The molecule has 1 fully saturated rings. The van der Waals surface area contributed by atoms with E-state index in [0.717, 1.165) is 77.7 Å². The molecule has 4 nitrogen and oxygen atoms in total. The van der Waals surface area contributed by atoms with Gasteiger partial charge in [-0.15, -0.1) is 0 Å². The first-order valence-corrected chi connectivity index (χ1v) is 13.0. The maximum atomic E-state index is 5.22. The van der Waals surface area contributed by atoms with Crippen molar-refractivity contribution < 1.29 is 0 Å². The molecule has 1 saturated carbocycles. The van der Waals surface area contributed by atoms with Crippen LogP contribution in [0.5, 0.6) is 0 Å². The van der Waals surface area contributed by atoms with Crippen molar-refractivity contribution >= 4 is 22.8 Å². The van der Waals surface area contributed by atoms with Gasteiger partial charge in [-0.1, -0.05) is 20.8 Å². The minimum atomic E-state index is 0.940. The number of hydrogen-bond acceptors (Lipinski definition) is 4. The third kappa shape index (κ3) is 3.26. The zero-order valence-corrected chi connectivity index (χ0v) is 21.6. The van der Waals surface area contributed by atoms with E-state index < -0.39 is 0 Å². The molecule has 6 rings (SSSR count). The van der Waals surface area contributed by atoms with Gasteiger partial charge in [0, 0.05) is 5.57 Å². The first-order valence-electron chi connectivity index (χ1n) is 13.0. The average Bonchev–Trinajstić information content (AvgIpc) is 3.62. The maximum Gasteiger partial charge on any atom is 0.0726 e. The molecule has 0 N–H and O–H groups in total. The molecule has 5 heterocycles. The average molecular weight is 461 g/mol. The molecular formula is C31H32N4. The van der Waals surface area contributed by atoms with Gasteiger partial charge in [-0.25, -0.2) is 20.0 Å². The van der Waals surface area contributed by atoms with Crippen LogP contribution in [0, 0.1) is 0 Å². The topological polar surface area (TPSA) is 49.4 Å². The molecular weight excluding hydrogens is 428 g/mol. The lowest BCUT2D eigenvalue weighted by Crippen LogP contribution is -1.99. The van der Waals surface area contributed by atoms with Crippen molar-refractivity contribution in [1.29, 1.82) is 0 Å². The van der Waals surface area contributed by atoms with E-state index in [9.17, 15) is 0 Å². The van der Waals surface area contributed by atoms with Gasteiger partial charge >= 0.3 is 0 Å². The van der Waals surface area contributed by atoms with Crippen molar-refractivity contribution in [2.45, 2.75) is 73.6 Å². The van der Waals surface area contributed by atoms with E-state index in [-0.39, 0.29) is 0 Å². The summed E-state index contributed by atoms with van der Waals surface area (Å²) in [6.45, 7) is 13.2. The highest BCUT2D eigenvalue weighted by Gasteiger charge is 2.34. The number of rotatable bonds is 3. The minimum Gasteiger partial charge on any atom is -0.249 e. The molecule has 8 bridgehead atoms. The Balaban J connectivity index is 1.64. The molecule has 0 unspecified atom stereocenters. The summed E-state index contributed by atoms with van der Waals surface area (Å²) in [6.07, 6.45) is 13.6. The summed E-state index contributed by atoms with van der Waals surface area (Å²) in [6, 6.07) is 0. The minimum absolute atomic E-state index is 0.940. The van der Waals surface area contributed by atoms with Crippen LogP contribution in [0.3, 0.4) is 0 Å². The molecule has 0 spiro atoms. The summed E-state index contributed by atoms with van der Waals surface area (Å²) in [5, 5.41) is 0. The van der Waals surface area contributed by atoms with Gasteiger partial charge in [0.25, 0.3) is 0 Å². The van der Waals surface area contributed by atoms with Crippen LogP contribution < -0.4 is 0 Å². The van der Waals surface area contributed by atoms with Gasteiger partial charge in [-0.3, -0.25) is 0 Å². The van der Waals surface area contributed by atoms with Crippen molar-refractivity contribution in [1.82, 2.24) is 0 Å². The van der Waals surface area contributed by atoms with Crippen LogP contribution in [0.4, 0.5) is 0 Å². The standard InChI is InChI=1S/C31H32N4/c1-7-19-12-20-13-29-21(8-2)16(4)25(33-29)14-26-17(5)22(9-3)30(34-26)24-11-10-23-18(6)27(35-31(23)24)15-28(19)32-20/h12-15H,7-11H2,1-6H3. The molecule has 35 heavy (non-hydrogen) atoms. The highest BCUT2D eigenvalue weighted by atomic mass is 14.9. The Morgan fingerprint density at radius 1 is 0.600 bits per heavy atom. The highest BCUT2D eigenvalue weighted by Crippen LogP contribution is 2.44. The first-order chi connectivity index (χ1) is 16.9. The molecule has 4 heteroatoms. The third-order valence-corrected chi connectivity index (χ3v) is 8.11. The lowest BCUT2D eigenvalue weighted by atomic mass is 9.98. The van der Waals surface area contributed by atoms with Crippen molar-refractivity contribution in [2.24, 2.45) is 20.0 Å².